The predicted molar refractivity (Wildman–Crippen MR) is 71.7 cm³/mol. The molecule has 3 N–H and O–H groups in total. The van der Waals surface area contributed by atoms with E-state index in [4.69, 9.17) is 10.8 Å². The number of carbonyl (C=O) groups excluding carboxylic acids is 2. The highest BCUT2D eigenvalue weighted by molar-refractivity contribution is 5.82. The molecule has 2 aliphatic rings. The van der Waals surface area contributed by atoms with Crippen molar-refractivity contribution >= 4 is 17.8 Å². The lowest BCUT2D eigenvalue weighted by atomic mass is 9.79. The lowest BCUT2D eigenvalue weighted by Crippen LogP contribution is -2.36. The van der Waals surface area contributed by atoms with Gasteiger partial charge in [-0.05, 0) is 24.7 Å². The SMILES string of the molecule is NC(=O)C1CCN(C(=O)CC2(CC(=O)O)CCCC2)C1. The van der Waals surface area contributed by atoms with Gasteiger partial charge < -0.3 is 15.7 Å². The number of hydrogen-bond acceptors (Lipinski definition) is 3. The minimum absolute atomic E-state index is 0.0306. The molecule has 1 aliphatic carbocycles. The highest BCUT2D eigenvalue weighted by Crippen LogP contribution is 2.44. The lowest BCUT2D eigenvalue weighted by Gasteiger charge is -2.28. The Kier molecular flexibility index (Phi) is 4.30. The van der Waals surface area contributed by atoms with Crippen LogP contribution in [0, 0.1) is 11.3 Å². The summed E-state index contributed by atoms with van der Waals surface area (Å²) >= 11 is 0. The fourth-order valence-corrected chi connectivity index (χ4v) is 3.51. The Morgan fingerprint density at radius 3 is 2.35 bits per heavy atom. The average Bonchev–Trinajstić information content (AvgIpc) is 2.96. The summed E-state index contributed by atoms with van der Waals surface area (Å²) in [6, 6.07) is 0. The quantitative estimate of drug-likeness (QED) is 0.776. The Morgan fingerprint density at radius 1 is 1.20 bits per heavy atom. The molecule has 1 heterocycles. The first-order valence-electron chi connectivity index (χ1n) is 7.21. The standard InChI is InChI=1S/C14H22N2O4/c15-13(20)10-3-6-16(9-10)11(17)7-14(8-12(18)19)4-1-2-5-14/h10H,1-9H2,(H2,15,20)(H,18,19). The van der Waals surface area contributed by atoms with Gasteiger partial charge in [-0.3, -0.25) is 14.4 Å². The van der Waals surface area contributed by atoms with Crippen LogP contribution in [-0.4, -0.2) is 40.9 Å². The zero-order valence-corrected chi connectivity index (χ0v) is 11.6. The summed E-state index contributed by atoms with van der Waals surface area (Å²) < 4.78 is 0. The molecule has 0 aromatic rings. The fourth-order valence-electron chi connectivity index (χ4n) is 3.51. The van der Waals surface area contributed by atoms with E-state index >= 15 is 0 Å². The number of carboxylic acid groups (broad SMARTS) is 1. The number of nitrogens with zero attached hydrogens (tertiary/aromatic N) is 1. The van der Waals surface area contributed by atoms with Crippen molar-refractivity contribution in [3.8, 4) is 0 Å². The summed E-state index contributed by atoms with van der Waals surface area (Å²) in [5.41, 5.74) is 4.88. The van der Waals surface area contributed by atoms with Crippen molar-refractivity contribution in [2.45, 2.75) is 44.9 Å². The van der Waals surface area contributed by atoms with Crippen LogP contribution in [-0.2, 0) is 14.4 Å². The number of carboxylic acids is 1. The number of likely N-dealkylation sites (tertiary alicyclic amines) is 1. The van der Waals surface area contributed by atoms with Crippen molar-refractivity contribution in [2.24, 2.45) is 17.1 Å². The molecule has 20 heavy (non-hydrogen) atoms. The third-order valence-electron chi connectivity index (χ3n) is 4.66. The van der Waals surface area contributed by atoms with Crippen LogP contribution in [0.5, 0.6) is 0 Å². The van der Waals surface area contributed by atoms with Gasteiger partial charge in [0.25, 0.3) is 0 Å². The fraction of sp³-hybridized carbons (Fsp3) is 0.786. The number of carbonyl (C=O) groups is 3. The normalized spacial score (nSPS) is 24.8. The third kappa shape index (κ3) is 3.29. The van der Waals surface area contributed by atoms with Crippen LogP contribution in [0.4, 0.5) is 0 Å². The van der Waals surface area contributed by atoms with Gasteiger partial charge in [-0.25, -0.2) is 0 Å². The second-order valence-corrected chi connectivity index (χ2v) is 6.18. The van der Waals surface area contributed by atoms with Crippen LogP contribution in [0.1, 0.15) is 44.9 Å². The number of primary amides is 1. The first kappa shape index (κ1) is 14.8. The molecule has 0 radical (unpaired) electrons. The van der Waals surface area contributed by atoms with Gasteiger partial charge in [0, 0.05) is 19.5 Å². The minimum Gasteiger partial charge on any atom is -0.481 e. The zero-order valence-electron chi connectivity index (χ0n) is 11.6. The molecule has 112 valence electrons. The third-order valence-corrected chi connectivity index (χ3v) is 4.66. The van der Waals surface area contributed by atoms with Crippen LogP contribution in [0.25, 0.3) is 0 Å². The van der Waals surface area contributed by atoms with Crippen LogP contribution in [0.15, 0.2) is 0 Å². The maximum absolute atomic E-state index is 12.3. The van der Waals surface area contributed by atoms with Gasteiger partial charge in [-0.1, -0.05) is 12.8 Å². The molecular formula is C14H22N2O4. The Morgan fingerprint density at radius 2 is 1.85 bits per heavy atom. The van der Waals surface area contributed by atoms with Gasteiger partial charge in [0.05, 0.1) is 12.3 Å². The van der Waals surface area contributed by atoms with Gasteiger partial charge in [0.15, 0.2) is 0 Å². The molecule has 6 heteroatoms. The summed E-state index contributed by atoms with van der Waals surface area (Å²) in [5, 5.41) is 9.05. The van der Waals surface area contributed by atoms with E-state index in [0.29, 0.717) is 19.5 Å². The van der Waals surface area contributed by atoms with E-state index in [1.165, 1.54) is 0 Å². The Bertz CT molecular complexity index is 415. The number of nitrogens with two attached hydrogens (primary N) is 1. The maximum Gasteiger partial charge on any atom is 0.303 e. The number of hydrogen-bond donors (Lipinski definition) is 2. The minimum atomic E-state index is -0.837. The molecular weight excluding hydrogens is 260 g/mol. The first-order chi connectivity index (χ1) is 9.42. The molecule has 0 aromatic heterocycles. The molecule has 2 fully saturated rings. The molecule has 2 amide bonds. The van der Waals surface area contributed by atoms with Crippen molar-refractivity contribution in [3.63, 3.8) is 0 Å². The van der Waals surface area contributed by atoms with E-state index in [1.54, 1.807) is 4.90 Å². The second-order valence-electron chi connectivity index (χ2n) is 6.18. The average molecular weight is 282 g/mol. The van der Waals surface area contributed by atoms with Crippen LogP contribution >= 0.6 is 0 Å². The molecule has 0 aromatic carbocycles. The van der Waals surface area contributed by atoms with E-state index in [-0.39, 0.29) is 36.0 Å². The lowest BCUT2D eigenvalue weighted by molar-refractivity contribution is -0.141. The van der Waals surface area contributed by atoms with Crippen LogP contribution in [0.2, 0.25) is 0 Å². The molecule has 2 rings (SSSR count). The summed E-state index contributed by atoms with van der Waals surface area (Å²) in [4.78, 5) is 36.1. The van der Waals surface area contributed by atoms with Crippen molar-refractivity contribution in [1.29, 1.82) is 0 Å². The Labute approximate surface area is 118 Å². The molecule has 6 nitrogen and oxygen atoms in total. The second kappa shape index (κ2) is 5.81. The monoisotopic (exact) mass is 282 g/mol. The van der Waals surface area contributed by atoms with Crippen molar-refractivity contribution in [1.82, 2.24) is 4.90 Å². The smallest absolute Gasteiger partial charge is 0.303 e. The molecule has 0 bridgehead atoms. The van der Waals surface area contributed by atoms with Gasteiger partial charge in [-0.15, -0.1) is 0 Å². The highest BCUT2D eigenvalue weighted by Gasteiger charge is 2.40. The Balaban J connectivity index is 1.96. The van der Waals surface area contributed by atoms with Gasteiger partial charge in [-0.2, -0.15) is 0 Å². The largest absolute Gasteiger partial charge is 0.481 e. The number of rotatable bonds is 5. The highest BCUT2D eigenvalue weighted by atomic mass is 16.4. The van der Waals surface area contributed by atoms with E-state index in [1.807, 2.05) is 0 Å². The molecule has 1 saturated heterocycles. The summed E-state index contributed by atoms with van der Waals surface area (Å²) in [7, 11) is 0. The zero-order chi connectivity index (χ0) is 14.8. The molecule has 1 atom stereocenters. The molecule has 1 saturated carbocycles. The first-order valence-corrected chi connectivity index (χ1v) is 7.21. The maximum atomic E-state index is 12.3. The summed E-state index contributed by atoms with van der Waals surface area (Å²) in [6.07, 6.45) is 4.55. The van der Waals surface area contributed by atoms with Gasteiger partial charge >= 0.3 is 5.97 Å². The van der Waals surface area contributed by atoms with Gasteiger partial charge in [0.2, 0.25) is 11.8 Å². The van der Waals surface area contributed by atoms with E-state index in [2.05, 4.69) is 0 Å². The van der Waals surface area contributed by atoms with Gasteiger partial charge in [0.1, 0.15) is 0 Å². The van der Waals surface area contributed by atoms with Crippen molar-refractivity contribution < 1.29 is 19.5 Å². The van der Waals surface area contributed by atoms with Crippen molar-refractivity contribution in [2.75, 3.05) is 13.1 Å². The molecule has 1 unspecified atom stereocenters. The van der Waals surface area contributed by atoms with Crippen molar-refractivity contribution in [3.05, 3.63) is 0 Å². The van der Waals surface area contributed by atoms with E-state index in [0.717, 1.165) is 25.7 Å². The molecule has 1 aliphatic heterocycles. The summed E-state index contributed by atoms with van der Waals surface area (Å²) in [5.74, 6) is -1.48. The van der Waals surface area contributed by atoms with E-state index in [9.17, 15) is 14.4 Å². The predicted octanol–water partition coefficient (Wildman–Crippen LogP) is 0.745. The van der Waals surface area contributed by atoms with E-state index < -0.39 is 5.97 Å². The summed E-state index contributed by atoms with van der Waals surface area (Å²) in [6.45, 7) is 0.937. The Hall–Kier alpha value is -1.59. The van der Waals surface area contributed by atoms with Crippen LogP contribution < -0.4 is 5.73 Å². The number of aliphatic carboxylic acids is 1. The molecule has 0 spiro atoms. The van der Waals surface area contributed by atoms with Crippen LogP contribution in [0.3, 0.4) is 0 Å². The number of amides is 2. The topological polar surface area (TPSA) is 101 Å².